The smallest absolute Gasteiger partial charge is 0.0366 e. The molecule has 0 radical (unpaired) electrons. The fraction of sp³-hybridized carbons (Fsp3) is 0.500. The van der Waals surface area contributed by atoms with Crippen LogP contribution in [0, 0.1) is 5.92 Å². The van der Waals surface area contributed by atoms with Gasteiger partial charge in [0.25, 0.3) is 0 Å². The average molecular weight is 351 g/mol. The van der Waals surface area contributed by atoms with Crippen molar-refractivity contribution in [1.82, 2.24) is 4.90 Å². The van der Waals surface area contributed by atoms with E-state index in [-0.39, 0.29) is 0 Å². The first-order valence-electron chi connectivity index (χ1n) is 10.3. The third-order valence-electron chi connectivity index (χ3n) is 5.74. The standard InChI is InChI=1S/C24H34N2/c1-3-16-26(24-12-8-5-9-13-24)20-21(2)25-17-14-23(15-18-25)19-22-10-6-4-7-11-22/h4-13,21,23H,3,14-20H2,1-2H3. The van der Waals surface area contributed by atoms with Crippen LogP contribution in [0.1, 0.15) is 38.7 Å². The van der Waals surface area contributed by atoms with Crippen molar-refractivity contribution in [2.45, 2.75) is 45.6 Å². The lowest BCUT2D eigenvalue weighted by atomic mass is 9.89. The van der Waals surface area contributed by atoms with Gasteiger partial charge in [0.2, 0.25) is 0 Å². The number of rotatable bonds is 8. The van der Waals surface area contributed by atoms with Crippen molar-refractivity contribution in [2.24, 2.45) is 5.92 Å². The molecule has 2 aromatic carbocycles. The van der Waals surface area contributed by atoms with Crippen LogP contribution in [0.5, 0.6) is 0 Å². The van der Waals surface area contributed by atoms with Crippen LogP contribution in [-0.4, -0.2) is 37.1 Å². The zero-order valence-corrected chi connectivity index (χ0v) is 16.5. The lowest BCUT2D eigenvalue weighted by Gasteiger charge is -2.39. The van der Waals surface area contributed by atoms with E-state index < -0.39 is 0 Å². The van der Waals surface area contributed by atoms with Gasteiger partial charge in [-0.2, -0.15) is 0 Å². The Hall–Kier alpha value is -1.80. The van der Waals surface area contributed by atoms with Crippen LogP contribution in [0.25, 0.3) is 0 Å². The monoisotopic (exact) mass is 350 g/mol. The minimum atomic E-state index is 0.611. The molecule has 2 heteroatoms. The fourth-order valence-electron chi connectivity index (χ4n) is 4.21. The molecule has 0 saturated carbocycles. The molecule has 0 spiro atoms. The molecule has 1 saturated heterocycles. The van der Waals surface area contributed by atoms with Crippen molar-refractivity contribution in [3.8, 4) is 0 Å². The van der Waals surface area contributed by atoms with Gasteiger partial charge < -0.3 is 4.90 Å². The van der Waals surface area contributed by atoms with Crippen molar-refractivity contribution in [2.75, 3.05) is 31.1 Å². The van der Waals surface area contributed by atoms with E-state index in [2.05, 4.69) is 84.3 Å². The number of hydrogen-bond donors (Lipinski definition) is 0. The highest BCUT2D eigenvalue weighted by Gasteiger charge is 2.24. The highest BCUT2D eigenvalue weighted by Crippen LogP contribution is 2.24. The predicted octanol–water partition coefficient (Wildman–Crippen LogP) is 5.25. The van der Waals surface area contributed by atoms with Gasteiger partial charge in [-0.25, -0.2) is 0 Å². The second-order valence-electron chi connectivity index (χ2n) is 7.80. The Labute approximate surface area is 159 Å². The molecule has 0 aromatic heterocycles. The summed E-state index contributed by atoms with van der Waals surface area (Å²) in [6.07, 6.45) is 5.10. The molecule has 0 N–H and O–H groups in total. The van der Waals surface area contributed by atoms with Crippen LogP contribution < -0.4 is 4.90 Å². The Morgan fingerprint density at radius 2 is 1.58 bits per heavy atom. The van der Waals surface area contributed by atoms with Gasteiger partial charge in [-0.1, -0.05) is 55.5 Å². The zero-order valence-electron chi connectivity index (χ0n) is 16.5. The molecule has 1 atom stereocenters. The highest BCUT2D eigenvalue weighted by atomic mass is 15.2. The van der Waals surface area contributed by atoms with E-state index in [0.717, 1.165) is 19.0 Å². The summed E-state index contributed by atoms with van der Waals surface area (Å²) in [5, 5.41) is 0. The van der Waals surface area contributed by atoms with Gasteiger partial charge in [0.05, 0.1) is 0 Å². The van der Waals surface area contributed by atoms with Crippen molar-refractivity contribution in [3.05, 3.63) is 66.2 Å². The molecule has 1 aliphatic heterocycles. The first-order chi connectivity index (χ1) is 12.8. The van der Waals surface area contributed by atoms with Crippen LogP contribution in [0.4, 0.5) is 5.69 Å². The van der Waals surface area contributed by atoms with Gasteiger partial charge in [-0.3, -0.25) is 4.90 Å². The summed E-state index contributed by atoms with van der Waals surface area (Å²) in [6.45, 7) is 9.43. The Bertz CT molecular complexity index is 617. The lowest BCUT2D eigenvalue weighted by molar-refractivity contribution is 0.142. The molecule has 26 heavy (non-hydrogen) atoms. The third kappa shape index (κ3) is 5.35. The van der Waals surface area contributed by atoms with Crippen molar-refractivity contribution in [1.29, 1.82) is 0 Å². The van der Waals surface area contributed by atoms with E-state index in [4.69, 9.17) is 0 Å². The summed E-state index contributed by atoms with van der Waals surface area (Å²) in [6, 6.07) is 22.5. The quantitative estimate of drug-likeness (QED) is 0.642. The van der Waals surface area contributed by atoms with E-state index in [1.807, 2.05) is 0 Å². The number of hydrogen-bond acceptors (Lipinski definition) is 2. The second kappa shape index (κ2) is 9.78. The minimum absolute atomic E-state index is 0.611. The molecule has 0 amide bonds. The van der Waals surface area contributed by atoms with Gasteiger partial charge >= 0.3 is 0 Å². The maximum Gasteiger partial charge on any atom is 0.0366 e. The highest BCUT2D eigenvalue weighted by molar-refractivity contribution is 5.46. The largest absolute Gasteiger partial charge is 0.370 e. The van der Waals surface area contributed by atoms with E-state index in [0.29, 0.717) is 6.04 Å². The van der Waals surface area contributed by atoms with Crippen LogP contribution in [0.15, 0.2) is 60.7 Å². The average Bonchev–Trinajstić information content (AvgIpc) is 2.69. The van der Waals surface area contributed by atoms with Gasteiger partial charge in [0, 0.05) is 24.8 Å². The molecule has 2 aromatic rings. The van der Waals surface area contributed by atoms with Gasteiger partial charge in [-0.05, 0) is 69.3 Å². The summed E-state index contributed by atoms with van der Waals surface area (Å²) < 4.78 is 0. The molecular formula is C24H34N2. The Balaban J connectivity index is 1.50. The summed E-state index contributed by atoms with van der Waals surface area (Å²) in [4.78, 5) is 5.26. The first kappa shape index (κ1) is 19.0. The Morgan fingerprint density at radius 1 is 0.962 bits per heavy atom. The molecule has 2 nitrogen and oxygen atoms in total. The van der Waals surface area contributed by atoms with Crippen molar-refractivity contribution < 1.29 is 0 Å². The van der Waals surface area contributed by atoms with Gasteiger partial charge in [0.1, 0.15) is 0 Å². The zero-order chi connectivity index (χ0) is 18.2. The van der Waals surface area contributed by atoms with Crippen molar-refractivity contribution >= 4 is 5.69 Å². The van der Waals surface area contributed by atoms with E-state index in [1.54, 1.807) is 0 Å². The molecule has 0 aliphatic carbocycles. The molecule has 140 valence electrons. The van der Waals surface area contributed by atoms with Crippen LogP contribution >= 0.6 is 0 Å². The van der Waals surface area contributed by atoms with Crippen molar-refractivity contribution in [3.63, 3.8) is 0 Å². The maximum atomic E-state index is 2.70. The van der Waals surface area contributed by atoms with E-state index in [9.17, 15) is 0 Å². The number of benzene rings is 2. The Kier molecular flexibility index (Phi) is 7.13. The molecule has 1 aliphatic rings. The van der Waals surface area contributed by atoms with Gasteiger partial charge in [-0.15, -0.1) is 0 Å². The SMILES string of the molecule is CCCN(CC(C)N1CCC(Cc2ccccc2)CC1)c1ccccc1. The number of para-hydroxylation sites is 1. The van der Waals surface area contributed by atoms with Crippen LogP contribution in [0.3, 0.4) is 0 Å². The first-order valence-corrected chi connectivity index (χ1v) is 10.3. The molecule has 1 heterocycles. The molecule has 1 unspecified atom stereocenters. The summed E-state index contributed by atoms with van der Waals surface area (Å²) >= 11 is 0. The normalized spacial score (nSPS) is 17.2. The molecular weight excluding hydrogens is 316 g/mol. The second-order valence-corrected chi connectivity index (χ2v) is 7.80. The van der Waals surface area contributed by atoms with E-state index >= 15 is 0 Å². The van der Waals surface area contributed by atoms with Crippen LogP contribution in [-0.2, 0) is 6.42 Å². The number of anilines is 1. The summed E-state index contributed by atoms with van der Waals surface area (Å²) in [5.41, 5.74) is 2.86. The predicted molar refractivity (Wildman–Crippen MR) is 113 cm³/mol. The number of likely N-dealkylation sites (tertiary alicyclic amines) is 1. The Morgan fingerprint density at radius 3 is 2.19 bits per heavy atom. The summed E-state index contributed by atoms with van der Waals surface area (Å²) in [7, 11) is 0. The summed E-state index contributed by atoms with van der Waals surface area (Å²) in [5.74, 6) is 0.849. The topological polar surface area (TPSA) is 6.48 Å². The van der Waals surface area contributed by atoms with E-state index in [1.165, 1.54) is 50.0 Å². The maximum absolute atomic E-state index is 2.70. The number of piperidine rings is 1. The van der Waals surface area contributed by atoms with Gasteiger partial charge in [0.15, 0.2) is 0 Å². The van der Waals surface area contributed by atoms with Crippen LogP contribution in [0.2, 0.25) is 0 Å². The third-order valence-corrected chi connectivity index (χ3v) is 5.74. The molecule has 0 bridgehead atoms. The lowest BCUT2D eigenvalue weighted by Crippen LogP contribution is -2.46. The molecule has 3 rings (SSSR count). The molecule has 1 fully saturated rings. The minimum Gasteiger partial charge on any atom is -0.370 e. The number of nitrogens with zero attached hydrogens (tertiary/aromatic N) is 2. The fourth-order valence-corrected chi connectivity index (χ4v) is 4.21.